The first-order valence-electron chi connectivity index (χ1n) is 7.02. The Bertz CT molecular complexity index is 702. The van der Waals surface area contributed by atoms with Crippen LogP contribution < -0.4 is 10.7 Å². The second-order valence-electron chi connectivity index (χ2n) is 4.75. The molecular weight excluding hydrogens is 297 g/mol. The molecule has 23 heavy (non-hydrogen) atoms. The zero-order valence-corrected chi connectivity index (χ0v) is 12.3. The van der Waals surface area contributed by atoms with Crippen LogP contribution in [-0.4, -0.2) is 18.0 Å². The molecule has 2 rings (SSSR count). The van der Waals surface area contributed by atoms with Crippen molar-refractivity contribution in [1.82, 2.24) is 10.7 Å². The number of benzene rings is 2. The summed E-state index contributed by atoms with van der Waals surface area (Å²) >= 11 is 0. The zero-order valence-electron chi connectivity index (χ0n) is 12.3. The van der Waals surface area contributed by atoms with Gasteiger partial charge in [-0.15, -0.1) is 0 Å². The van der Waals surface area contributed by atoms with Crippen LogP contribution in [0.15, 0.2) is 59.7 Å². The fourth-order valence-electron chi connectivity index (χ4n) is 1.80. The molecule has 0 saturated carbocycles. The van der Waals surface area contributed by atoms with Gasteiger partial charge >= 0.3 is 0 Å². The third-order valence-corrected chi connectivity index (χ3v) is 2.95. The molecule has 0 unspecified atom stereocenters. The van der Waals surface area contributed by atoms with E-state index in [4.69, 9.17) is 0 Å². The molecule has 0 aliphatic rings. The molecule has 0 heterocycles. The number of amides is 2. The van der Waals surface area contributed by atoms with E-state index in [1.54, 1.807) is 12.1 Å². The highest BCUT2D eigenvalue weighted by Crippen LogP contribution is 2.02. The minimum Gasteiger partial charge on any atom is -0.352 e. The molecule has 0 bridgehead atoms. The van der Waals surface area contributed by atoms with Crippen LogP contribution in [0.5, 0.6) is 0 Å². The molecule has 5 nitrogen and oxygen atoms in total. The van der Waals surface area contributed by atoms with Gasteiger partial charge in [-0.1, -0.05) is 48.5 Å². The summed E-state index contributed by atoms with van der Waals surface area (Å²) in [6.45, 7) is 0.353. The standard InChI is InChI=1S/C17H16FN3O2/c18-15-9-5-4-8-14(15)12-20-21-17(23)10-16(22)19-11-13-6-2-1-3-7-13/h1-9,12H,10-11H2,(H,19,22)(H,21,23)/b20-12+. The minimum absolute atomic E-state index is 0.251. The van der Waals surface area contributed by atoms with Crippen molar-refractivity contribution in [3.8, 4) is 0 Å². The molecule has 2 N–H and O–H groups in total. The number of rotatable bonds is 6. The van der Waals surface area contributed by atoms with Crippen LogP contribution in [0.1, 0.15) is 17.5 Å². The molecular formula is C17H16FN3O2. The Morgan fingerprint density at radius 1 is 1.00 bits per heavy atom. The number of halogens is 1. The first kappa shape index (κ1) is 16.4. The summed E-state index contributed by atoms with van der Waals surface area (Å²) in [5.74, 6) is -1.42. The number of hydrogen-bond donors (Lipinski definition) is 2. The van der Waals surface area contributed by atoms with Crippen molar-refractivity contribution >= 4 is 18.0 Å². The van der Waals surface area contributed by atoms with E-state index in [1.807, 2.05) is 30.3 Å². The van der Waals surface area contributed by atoms with Gasteiger partial charge in [0.15, 0.2) is 0 Å². The third kappa shape index (κ3) is 5.70. The molecule has 2 aromatic carbocycles. The summed E-state index contributed by atoms with van der Waals surface area (Å²) in [4.78, 5) is 23.2. The fourth-order valence-corrected chi connectivity index (χ4v) is 1.80. The van der Waals surface area contributed by atoms with Crippen molar-refractivity contribution in [1.29, 1.82) is 0 Å². The lowest BCUT2D eigenvalue weighted by atomic mass is 10.2. The maximum atomic E-state index is 13.3. The maximum absolute atomic E-state index is 13.3. The molecule has 0 aliphatic heterocycles. The van der Waals surface area contributed by atoms with Crippen molar-refractivity contribution in [2.24, 2.45) is 5.10 Å². The van der Waals surface area contributed by atoms with E-state index in [1.165, 1.54) is 18.3 Å². The van der Waals surface area contributed by atoms with Crippen LogP contribution >= 0.6 is 0 Å². The largest absolute Gasteiger partial charge is 0.352 e. The Kier molecular flexibility index (Phi) is 5.99. The summed E-state index contributed by atoms with van der Waals surface area (Å²) in [7, 11) is 0. The van der Waals surface area contributed by atoms with Gasteiger partial charge in [-0.3, -0.25) is 9.59 Å². The molecule has 0 saturated heterocycles. The molecule has 118 valence electrons. The highest BCUT2D eigenvalue weighted by Gasteiger charge is 2.08. The second kappa shape index (κ2) is 8.43. The number of nitrogens with zero attached hydrogens (tertiary/aromatic N) is 1. The number of nitrogens with one attached hydrogen (secondary N) is 2. The van der Waals surface area contributed by atoms with Gasteiger partial charge in [-0.05, 0) is 11.6 Å². The lowest BCUT2D eigenvalue weighted by Gasteiger charge is -2.04. The Labute approximate surface area is 133 Å². The average molecular weight is 313 g/mol. The first-order chi connectivity index (χ1) is 11.1. The Morgan fingerprint density at radius 3 is 2.43 bits per heavy atom. The zero-order chi connectivity index (χ0) is 16.5. The fraction of sp³-hybridized carbons (Fsp3) is 0.118. The third-order valence-electron chi connectivity index (χ3n) is 2.95. The van der Waals surface area contributed by atoms with Gasteiger partial charge in [-0.25, -0.2) is 9.82 Å². The van der Waals surface area contributed by atoms with Gasteiger partial charge in [0.2, 0.25) is 11.8 Å². The summed E-state index contributed by atoms with van der Waals surface area (Å²) in [5, 5.41) is 6.26. The minimum atomic E-state index is -0.567. The van der Waals surface area contributed by atoms with E-state index in [0.717, 1.165) is 5.56 Å². The molecule has 0 fully saturated rings. The van der Waals surface area contributed by atoms with Gasteiger partial charge in [-0.2, -0.15) is 5.10 Å². The van der Waals surface area contributed by atoms with Crippen molar-refractivity contribution in [3.63, 3.8) is 0 Å². The lowest BCUT2D eigenvalue weighted by molar-refractivity contribution is -0.129. The van der Waals surface area contributed by atoms with Gasteiger partial charge in [0.25, 0.3) is 0 Å². The molecule has 2 aromatic rings. The van der Waals surface area contributed by atoms with E-state index in [-0.39, 0.29) is 12.0 Å². The average Bonchev–Trinajstić information content (AvgIpc) is 2.56. The molecule has 0 radical (unpaired) electrons. The van der Waals surface area contributed by atoms with Crippen LogP contribution in [0.3, 0.4) is 0 Å². The van der Waals surface area contributed by atoms with Crippen molar-refractivity contribution in [2.45, 2.75) is 13.0 Å². The van der Waals surface area contributed by atoms with Crippen LogP contribution in [0, 0.1) is 5.82 Å². The topological polar surface area (TPSA) is 70.6 Å². The first-order valence-corrected chi connectivity index (χ1v) is 7.02. The van der Waals surface area contributed by atoms with Crippen molar-refractivity contribution in [2.75, 3.05) is 0 Å². The molecule has 0 aliphatic carbocycles. The Balaban J connectivity index is 1.74. The quantitative estimate of drug-likeness (QED) is 0.486. The number of carbonyl (C=O) groups excluding carboxylic acids is 2. The summed E-state index contributed by atoms with van der Waals surface area (Å²) in [5.41, 5.74) is 3.39. The van der Waals surface area contributed by atoms with E-state index in [0.29, 0.717) is 6.54 Å². The van der Waals surface area contributed by atoms with E-state index < -0.39 is 17.6 Å². The van der Waals surface area contributed by atoms with Crippen molar-refractivity contribution < 1.29 is 14.0 Å². The molecule has 6 heteroatoms. The van der Waals surface area contributed by atoms with Crippen LogP contribution in [0.4, 0.5) is 4.39 Å². The van der Waals surface area contributed by atoms with Crippen LogP contribution in [0.25, 0.3) is 0 Å². The molecule has 0 spiro atoms. The number of hydrogen-bond acceptors (Lipinski definition) is 3. The molecule has 2 amide bonds. The number of hydrazone groups is 1. The van der Waals surface area contributed by atoms with E-state index in [2.05, 4.69) is 15.8 Å². The maximum Gasteiger partial charge on any atom is 0.249 e. The van der Waals surface area contributed by atoms with Gasteiger partial charge in [0, 0.05) is 12.1 Å². The number of carbonyl (C=O) groups is 2. The molecule has 0 atom stereocenters. The lowest BCUT2D eigenvalue weighted by Crippen LogP contribution is -2.29. The monoisotopic (exact) mass is 313 g/mol. The summed E-state index contributed by atoms with van der Waals surface area (Å²) < 4.78 is 13.3. The predicted octanol–water partition coefficient (Wildman–Crippen LogP) is 1.98. The van der Waals surface area contributed by atoms with Gasteiger partial charge in [0.1, 0.15) is 12.2 Å². The highest BCUT2D eigenvalue weighted by molar-refractivity contribution is 5.97. The highest BCUT2D eigenvalue weighted by atomic mass is 19.1. The normalized spacial score (nSPS) is 10.5. The second-order valence-corrected chi connectivity index (χ2v) is 4.75. The van der Waals surface area contributed by atoms with E-state index in [9.17, 15) is 14.0 Å². The van der Waals surface area contributed by atoms with Gasteiger partial charge < -0.3 is 5.32 Å². The summed E-state index contributed by atoms with van der Waals surface area (Å²) in [6.07, 6.45) is 0.844. The SMILES string of the molecule is O=C(CC(=O)N/N=C/c1ccccc1F)NCc1ccccc1. The van der Waals surface area contributed by atoms with Crippen LogP contribution in [-0.2, 0) is 16.1 Å². The van der Waals surface area contributed by atoms with E-state index >= 15 is 0 Å². The van der Waals surface area contributed by atoms with Crippen LogP contribution in [0.2, 0.25) is 0 Å². The summed E-state index contributed by atoms with van der Waals surface area (Å²) in [6, 6.07) is 15.4. The smallest absolute Gasteiger partial charge is 0.249 e. The Morgan fingerprint density at radius 2 is 1.70 bits per heavy atom. The van der Waals surface area contributed by atoms with Crippen molar-refractivity contribution in [3.05, 3.63) is 71.5 Å². The molecule has 0 aromatic heterocycles. The predicted molar refractivity (Wildman–Crippen MR) is 85.0 cm³/mol. The van der Waals surface area contributed by atoms with Gasteiger partial charge in [0.05, 0.1) is 6.21 Å². The Hall–Kier alpha value is -3.02.